The van der Waals surface area contributed by atoms with E-state index in [1.54, 1.807) is 42.6 Å². The predicted molar refractivity (Wildman–Crippen MR) is 93.6 cm³/mol. The van der Waals surface area contributed by atoms with Gasteiger partial charge in [0.2, 0.25) is 0 Å². The second kappa shape index (κ2) is 6.34. The molecule has 0 saturated heterocycles. The number of hydrogen-bond donors (Lipinski definition) is 2. The van der Waals surface area contributed by atoms with Gasteiger partial charge in [0.05, 0.1) is 0 Å². The lowest BCUT2D eigenvalue weighted by Crippen LogP contribution is -2.31. The zero-order valence-electron chi connectivity index (χ0n) is 11.5. The molecule has 0 amide bonds. The molecule has 1 aromatic heterocycles. The molecule has 0 aliphatic rings. The molecule has 7 heteroatoms. The Balaban J connectivity index is 2.31. The van der Waals surface area contributed by atoms with Crippen molar-refractivity contribution in [3.63, 3.8) is 0 Å². The summed E-state index contributed by atoms with van der Waals surface area (Å²) in [6.45, 7) is 0. The first-order valence-corrected chi connectivity index (χ1v) is 8.07. The van der Waals surface area contributed by atoms with Crippen molar-refractivity contribution in [2.45, 2.75) is 5.60 Å². The summed E-state index contributed by atoms with van der Waals surface area (Å²) >= 11 is 24.5. The van der Waals surface area contributed by atoms with Crippen molar-refractivity contribution in [3.05, 3.63) is 85.8 Å². The minimum absolute atomic E-state index is 0.283. The Morgan fingerprint density at radius 1 is 0.870 bits per heavy atom. The van der Waals surface area contributed by atoms with Crippen LogP contribution in [0.25, 0.3) is 0 Å². The molecule has 1 heterocycles. The van der Waals surface area contributed by atoms with Crippen LogP contribution in [0.1, 0.15) is 17.0 Å². The number of H-pyrrole nitrogens is 1. The number of nitrogens with zero attached hydrogens (tertiary/aromatic N) is 1. The molecule has 23 heavy (non-hydrogen) atoms. The zero-order valence-corrected chi connectivity index (χ0v) is 14.5. The molecule has 0 radical (unpaired) electrons. The minimum atomic E-state index is -1.67. The maximum atomic E-state index is 11.5. The lowest BCUT2D eigenvalue weighted by atomic mass is 9.85. The zero-order chi connectivity index (χ0) is 16.6. The molecule has 0 fully saturated rings. The Hall–Kier alpha value is -1.23. The van der Waals surface area contributed by atoms with Crippen LogP contribution in [0.15, 0.2) is 48.8 Å². The summed E-state index contributed by atoms with van der Waals surface area (Å²) in [5.41, 5.74) is -0.863. The van der Waals surface area contributed by atoms with Gasteiger partial charge < -0.3 is 10.1 Å². The number of imidazole rings is 1. The number of aromatic amines is 1. The third kappa shape index (κ3) is 2.95. The first-order chi connectivity index (χ1) is 10.9. The number of rotatable bonds is 3. The molecule has 3 aromatic rings. The predicted octanol–water partition coefficient (Wildman–Crippen LogP) is 5.31. The standard InChI is InChI=1S/C16H10Cl4N2O/c17-9-1-3-11(13(19)7-9)16(23,15-21-5-6-22-15)12-4-2-10(18)8-14(12)20/h1-8,23H,(H,21,22). The van der Waals surface area contributed by atoms with Crippen LogP contribution >= 0.6 is 46.4 Å². The SMILES string of the molecule is OC(c1ncc[nH]1)(c1ccc(Cl)cc1Cl)c1ccc(Cl)cc1Cl. The fraction of sp³-hybridized carbons (Fsp3) is 0.0625. The van der Waals surface area contributed by atoms with Crippen molar-refractivity contribution in [2.24, 2.45) is 0 Å². The van der Waals surface area contributed by atoms with Gasteiger partial charge >= 0.3 is 0 Å². The fourth-order valence-electron chi connectivity index (χ4n) is 2.43. The molecule has 0 saturated carbocycles. The number of aromatic nitrogens is 2. The Morgan fingerprint density at radius 3 is 1.78 bits per heavy atom. The van der Waals surface area contributed by atoms with Gasteiger partial charge in [-0.3, -0.25) is 0 Å². The number of aliphatic hydroxyl groups is 1. The molecule has 2 aromatic carbocycles. The van der Waals surface area contributed by atoms with E-state index in [1.807, 2.05) is 0 Å². The van der Waals surface area contributed by atoms with E-state index < -0.39 is 5.60 Å². The highest BCUT2D eigenvalue weighted by Crippen LogP contribution is 2.42. The fourth-order valence-corrected chi connectivity index (χ4v) is 3.52. The molecule has 0 aliphatic carbocycles. The van der Waals surface area contributed by atoms with Crippen molar-refractivity contribution in [1.82, 2.24) is 9.97 Å². The lowest BCUT2D eigenvalue weighted by Gasteiger charge is -2.29. The maximum absolute atomic E-state index is 11.5. The summed E-state index contributed by atoms with van der Waals surface area (Å²) in [7, 11) is 0. The van der Waals surface area contributed by atoms with Gasteiger partial charge in [-0.2, -0.15) is 0 Å². The summed E-state index contributed by atoms with van der Waals surface area (Å²) in [5.74, 6) is 0.283. The highest BCUT2D eigenvalue weighted by Gasteiger charge is 2.39. The number of hydrogen-bond acceptors (Lipinski definition) is 2. The van der Waals surface area contributed by atoms with Crippen molar-refractivity contribution >= 4 is 46.4 Å². The molecule has 0 aliphatic heterocycles. The monoisotopic (exact) mass is 386 g/mol. The van der Waals surface area contributed by atoms with Crippen molar-refractivity contribution in [1.29, 1.82) is 0 Å². The summed E-state index contributed by atoms with van der Waals surface area (Å²) in [5, 5.41) is 13.0. The van der Waals surface area contributed by atoms with E-state index in [4.69, 9.17) is 46.4 Å². The van der Waals surface area contributed by atoms with Gasteiger partial charge in [0.1, 0.15) is 5.82 Å². The quantitative estimate of drug-likeness (QED) is 0.639. The van der Waals surface area contributed by atoms with Gasteiger partial charge in [-0.05, 0) is 24.3 Å². The third-order valence-electron chi connectivity index (χ3n) is 3.48. The molecule has 3 rings (SSSR count). The van der Waals surface area contributed by atoms with Crippen molar-refractivity contribution < 1.29 is 5.11 Å². The summed E-state index contributed by atoms with van der Waals surface area (Å²) in [4.78, 5) is 7.09. The summed E-state index contributed by atoms with van der Waals surface area (Å²) in [6, 6.07) is 9.66. The molecule has 0 unspecified atom stereocenters. The van der Waals surface area contributed by atoms with Crippen LogP contribution in [0.3, 0.4) is 0 Å². The molecule has 2 N–H and O–H groups in total. The van der Waals surface area contributed by atoms with Crippen LogP contribution < -0.4 is 0 Å². The molecule has 3 nitrogen and oxygen atoms in total. The Bertz CT molecular complexity index is 798. The highest BCUT2D eigenvalue weighted by molar-refractivity contribution is 6.36. The van der Waals surface area contributed by atoms with E-state index in [-0.39, 0.29) is 5.82 Å². The molecular weight excluding hydrogens is 378 g/mol. The number of halogens is 4. The minimum Gasteiger partial charge on any atom is -0.373 e. The molecule has 0 spiro atoms. The smallest absolute Gasteiger partial charge is 0.175 e. The van der Waals surface area contributed by atoms with Crippen LogP contribution in [-0.4, -0.2) is 15.1 Å². The average Bonchev–Trinajstić information content (AvgIpc) is 3.01. The largest absolute Gasteiger partial charge is 0.373 e. The first-order valence-electron chi connectivity index (χ1n) is 6.56. The van der Waals surface area contributed by atoms with E-state index in [0.29, 0.717) is 31.2 Å². The van der Waals surface area contributed by atoms with Crippen LogP contribution in [0.4, 0.5) is 0 Å². The van der Waals surface area contributed by atoms with E-state index >= 15 is 0 Å². The second-order valence-electron chi connectivity index (χ2n) is 4.90. The Kier molecular flexibility index (Phi) is 4.59. The van der Waals surface area contributed by atoms with Gasteiger partial charge in [0, 0.05) is 43.6 Å². The van der Waals surface area contributed by atoms with Gasteiger partial charge in [0.15, 0.2) is 5.60 Å². The maximum Gasteiger partial charge on any atom is 0.175 e. The van der Waals surface area contributed by atoms with E-state index in [0.717, 1.165) is 0 Å². The van der Waals surface area contributed by atoms with E-state index in [2.05, 4.69) is 9.97 Å². The van der Waals surface area contributed by atoms with Gasteiger partial charge in [-0.15, -0.1) is 0 Å². The topological polar surface area (TPSA) is 48.9 Å². The summed E-state index contributed by atoms with van der Waals surface area (Å²) < 4.78 is 0. The Labute approximate surface area is 152 Å². The number of nitrogens with one attached hydrogen (secondary N) is 1. The van der Waals surface area contributed by atoms with Crippen LogP contribution in [0.5, 0.6) is 0 Å². The number of benzene rings is 2. The van der Waals surface area contributed by atoms with Crippen molar-refractivity contribution in [3.8, 4) is 0 Å². The Morgan fingerprint density at radius 2 is 1.39 bits per heavy atom. The van der Waals surface area contributed by atoms with Crippen molar-refractivity contribution in [2.75, 3.05) is 0 Å². The van der Waals surface area contributed by atoms with Gasteiger partial charge in [-0.1, -0.05) is 58.5 Å². The molecule has 118 valence electrons. The first kappa shape index (κ1) is 16.6. The lowest BCUT2D eigenvalue weighted by molar-refractivity contribution is 0.117. The molecule has 0 atom stereocenters. The molecule has 0 bridgehead atoms. The third-order valence-corrected chi connectivity index (χ3v) is 4.58. The van der Waals surface area contributed by atoms with Crippen LogP contribution in [0, 0.1) is 0 Å². The van der Waals surface area contributed by atoms with E-state index in [9.17, 15) is 5.11 Å². The van der Waals surface area contributed by atoms with Gasteiger partial charge in [-0.25, -0.2) is 4.98 Å². The van der Waals surface area contributed by atoms with Crippen LogP contribution in [-0.2, 0) is 5.60 Å². The van der Waals surface area contributed by atoms with Gasteiger partial charge in [0.25, 0.3) is 0 Å². The van der Waals surface area contributed by atoms with E-state index in [1.165, 1.54) is 6.20 Å². The molecular formula is C16H10Cl4N2O. The summed E-state index contributed by atoms with van der Waals surface area (Å²) in [6.07, 6.45) is 3.14. The average molecular weight is 388 g/mol. The normalized spacial score (nSPS) is 11.7. The highest BCUT2D eigenvalue weighted by atomic mass is 35.5. The second-order valence-corrected chi connectivity index (χ2v) is 6.58. The van der Waals surface area contributed by atoms with Crippen LogP contribution in [0.2, 0.25) is 20.1 Å².